The molecule has 1 fully saturated rings. The Morgan fingerprint density at radius 1 is 1.53 bits per heavy atom. The van der Waals surface area contributed by atoms with Crippen LogP contribution in [0.15, 0.2) is 18.3 Å². The van der Waals surface area contributed by atoms with E-state index in [9.17, 15) is 0 Å². The maximum atomic E-state index is 4.54. The quantitative estimate of drug-likeness (QED) is 0.799. The molecule has 2 rings (SSSR count). The summed E-state index contributed by atoms with van der Waals surface area (Å²) in [5.41, 5.74) is 1.28. The summed E-state index contributed by atoms with van der Waals surface area (Å²) in [6.07, 6.45) is 4.43. The van der Waals surface area contributed by atoms with Gasteiger partial charge < -0.3 is 9.80 Å². The average Bonchev–Trinajstić information content (AvgIpc) is 2.39. The molecule has 0 amide bonds. The van der Waals surface area contributed by atoms with Crippen molar-refractivity contribution in [3.05, 3.63) is 23.9 Å². The molecular weight excluding hydrogens is 278 g/mol. The highest BCUT2D eigenvalue weighted by atomic mass is 79.9. The van der Waals surface area contributed by atoms with Crippen LogP contribution in [-0.2, 0) is 5.33 Å². The lowest BCUT2D eigenvalue weighted by Crippen LogP contribution is -2.45. The SMILES string of the molecule is CN(C)C1CCCN(c2ncccc2CBr)C1. The van der Waals surface area contributed by atoms with Crippen LogP contribution in [0.4, 0.5) is 5.82 Å². The third kappa shape index (κ3) is 2.99. The van der Waals surface area contributed by atoms with Crippen LogP contribution >= 0.6 is 15.9 Å². The van der Waals surface area contributed by atoms with Gasteiger partial charge in [0.05, 0.1) is 0 Å². The van der Waals surface area contributed by atoms with Crippen molar-refractivity contribution in [3.8, 4) is 0 Å². The third-order valence-corrected chi connectivity index (χ3v) is 4.04. The zero-order valence-electron chi connectivity index (χ0n) is 10.6. The first kappa shape index (κ1) is 12.8. The van der Waals surface area contributed by atoms with E-state index in [4.69, 9.17) is 0 Å². The molecule has 1 saturated heterocycles. The molecule has 0 spiro atoms. The summed E-state index contributed by atoms with van der Waals surface area (Å²) in [6.45, 7) is 2.21. The molecule has 0 N–H and O–H groups in total. The van der Waals surface area contributed by atoms with Crippen LogP contribution in [0.1, 0.15) is 18.4 Å². The number of halogens is 1. The normalized spacial score (nSPS) is 20.9. The van der Waals surface area contributed by atoms with E-state index in [1.54, 1.807) is 0 Å². The average molecular weight is 298 g/mol. The maximum Gasteiger partial charge on any atom is 0.132 e. The number of nitrogens with zero attached hydrogens (tertiary/aromatic N) is 3. The van der Waals surface area contributed by atoms with Gasteiger partial charge in [-0.25, -0.2) is 4.98 Å². The zero-order chi connectivity index (χ0) is 12.3. The second-order valence-corrected chi connectivity index (χ2v) is 5.39. The summed E-state index contributed by atoms with van der Waals surface area (Å²) >= 11 is 3.54. The highest BCUT2D eigenvalue weighted by Gasteiger charge is 2.23. The molecule has 0 saturated carbocycles. The van der Waals surface area contributed by atoms with Gasteiger partial charge in [0.1, 0.15) is 5.82 Å². The lowest BCUT2D eigenvalue weighted by Gasteiger charge is -2.37. The van der Waals surface area contributed by atoms with Crippen molar-refractivity contribution in [1.82, 2.24) is 9.88 Å². The Kier molecular flexibility index (Phi) is 4.40. The Hall–Kier alpha value is -0.610. The minimum absolute atomic E-state index is 0.647. The molecular formula is C13H20BrN3. The molecule has 17 heavy (non-hydrogen) atoms. The number of hydrogen-bond donors (Lipinski definition) is 0. The summed E-state index contributed by atoms with van der Waals surface area (Å²) in [7, 11) is 4.33. The van der Waals surface area contributed by atoms with Crippen molar-refractivity contribution in [3.63, 3.8) is 0 Å². The topological polar surface area (TPSA) is 19.4 Å². The molecule has 1 aromatic heterocycles. The molecule has 1 aliphatic heterocycles. The molecule has 94 valence electrons. The number of piperidine rings is 1. The van der Waals surface area contributed by atoms with Crippen LogP contribution in [0.2, 0.25) is 0 Å². The second-order valence-electron chi connectivity index (χ2n) is 4.83. The maximum absolute atomic E-state index is 4.54. The van der Waals surface area contributed by atoms with Gasteiger partial charge in [-0.15, -0.1) is 0 Å². The van der Waals surface area contributed by atoms with E-state index in [0.717, 1.165) is 24.2 Å². The van der Waals surface area contributed by atoms with Crippen molar-refractivity contribution in [2.45, 2.75) is 24.2 Å². The van der Waals surface area contributed by atoms with E-state index in [-0.39, 0.29) is 0 Å². The molecule has 1 atom stereocenters. The van der Waals surface area contributed by atoms with Crippen molar-refractivity contribution in [1.29, 1.82) is 0 Å². The van der Waals surface area contributed by atoms with Gasteiger partial charge in [-0.1, -0.05) is 22.0 Å². The van der Waals surface area contributed by atoms with Crippen molar-refractivity contribution in [2.75, 3.05) is 32.1 Å². The molecule has 0 bridgehead atoms. The largest absolute Gasteiger partial charge is 0.355 e. The summed E-state index contributed by atoms with van der Waals surface area (Å²) in [6, 6.07) is 4.80. The first-order valence-corrected chi connectivity index (χ1v) is 7.25. The van der Waals surface area contributed by atoms with Crippen molar-refractivity contribution < 1.29 is 0 Å². The first-order chi connectivity index (χ1) is 8.22. The van der Waals surface area contributed by atoms with E-state index >= 15 is 0 Å². The van der Waals surface area contributed by atoms with Gasteiger partial charge in [0, 0.05) is 36.2 Å². The Balaban J connectivity index is 2.16. The van der Waals surface area contributed by atoms with Gasteiger partial charge in [-0.3, -0.25) is 0 Å². The Labute approximate surface area is 112 Å². The highest BCUT2D eigenvalue weighted by Crippen LogP contribution is 2.24. The molecule has 3 nitrogen and oxygen atoms in total. The highest BCUT2D eigenvalue weighted by molar-refractivity contribution is 9.08. The number of hydrogen-bond acceptors (Lipinski definition) is 3. The van der Waals surface area contributed by atoms with Gasteiger partial charge in [-0.2, -0.15) is 0 Å². The summed E-state index contributed by atoms with van der Waals surface area (Å²) in [4.78, 5) is 9.29. The lowest BCUT2D eigenvalue weighted by atomic mass is 10.0. The van der Waals surface area contributed by atoms with E-state index < -0.39 is 0 Å². The van der Waals surface area contributed by atoms with Gasteiger partial charge in [0.2, 0.25) is 0 Å². The van der Waals surface area contributed by atoms with Crippen LogP contribution in [0, 0.1) is 0 Å². The summed E-state index contributed by atoms with van der Waals surface area (Å²) in [5, 5.41) is 0.874. The zero-order valence-corrected chi connectivity index (χ0v) is 12.2. The Morgan fingerprint density at radius 2 is 2.35 bits per heavy atom. The predicted octanol–water partition coefficient (Wildman–Crippen LogP) is 2.51. The molecule has 1 aliphatic rings. The number of rotatable bonds is 3. The Morgan fingerprint density at radius 3 is 3.06 bits per heavy atom. The second kappa shape index (κ2) is 5.83. The fourth-order valence-electron chi connectivity index (χ4n) is 2.39. The smallest absolute Gasteiger partial charge is 0.132 e. The fraction of sp³-hybridized carbons (Fsp3) is 0.615. The van der Waals surface area contributed by atoms with E-state index in [1.165, 1.54) is 18.4 Å². The molecule has 2 heterocycles. The van der Waals surface area contributed by atoms with Crippen LogP contribution in [0.25, 0.3) is 0 Å². The Bertz CT molecular complexity index is 367. The summed E-state index contributed by atoms with van der Waals surface area (Å²) in [5.74, 6) is 1.15. The van der Waals surface area contributed by atoms with Gasteiger partial charge in [0.25, 0.3) is 0 Å². The minimum atomic E-state index is 0.647. The third-order valence-electron chi connectivity index (χ3n) is 3.44. The lowest BCUT2D eigenvalue weighted by molar-refractivity contribution is 0.257. The van der Waals surface area contributed by atoms with Crippen LogP contribution < -0.4 is 4.90 Å². The van der Waals surface area contributed by atoms with Gasteiger partial charge in [0.15, 0.2) is 0 Å². The van der Waals surface area contributed by atoms with E-state index in [2.05, 4.69) is 50.9 Å². The number of aromatic nitrogens is 1. The molecule has 0 aromatic carbocycles. The van der Waals surface area contributed by atoms with Crippen molar-refractivity contribution in [2.24, 2.45) is 0 Å². The van der Waals surface area contributed by atoms with E-state index in [1.807, 2.05) is 12.3 Å². The number of alkyl halides is 1. The van der Waals surface area contributed by atoms with Gasteiger partial charge in [-0.05, 0) is 33.0 Å². The molecule has 0 aliphatic carbocycles. The summed E-state index contributed by atoms with van der Waals surface area (Å²) < 4.78 is 0. The van der Waals surface area contributed by atoms with Crippen molar-refractivity contribution >= 4 is 21.7 Å². The monoisotopic (exact) mass is 297 g/mol. The predicted molar refractivity (Wildman–Crippen MR) is 75.8 cm³/mol. The molecule has 0 radical (unpaired) electrons. The van der Waals surface area contributed by atoms with E-state index in [0.29, 0.717) is 6.04 Å². The number of anilines is 1. The van der Waals surface area contributed by atoms with Crippen LogP contribution in [0.3, 0.4) is 0 Å². The number of pyridine rings is 1. The molecule has 4 heteroatoms. The van der Waals surface area contributed by atoms with Crippen LogP contribution in [0.5, 0.6) is 0 Å². The van der Waals surface area contributed by atoms with Gasteiger partial charge >= 0.3 is 0 Å². The first-order valence-electron chi connectivity index (χ1n) is 6.13. The fourth-order valence-corrected chi connectivity index (χ4v) is 2.83. The standard InChI is InChI=1S/C13H20BrN3/c1-16(2)12-6-4-8-17(10-12)13-11(9-14)5-3-7-15-13/h3,5,7,12H,4,6,8-10H2,1-2H3. The minimum Gasteiger partial charge on any atom is -0.355 e. The molecule has 1 aromatic rings. The van der Waals surface area contributed by atoms with Crippen LogP contribution in [-0.4, -0.2) is 43.1 Å². The molecule has 1 unspecified atom stereocenters. The number of likely N-dealkylation sites (N-methyl/N-ethyl adjacent to an activating group) is 1.